The number of allylic oxidation sites excluding steroid dienone is 1. The summed E-state index contributed by atoms with van der Waals surface area (Å²) in [6.45, 7) is 0. The Hall–Kier alpha value is -2.94. The van der Waals surface area contributed by atoms with E-state index < -0.39 is 0 Å². The summed E-state index contributed by atoms with van der Waals surface area (Å²) < 4.78 is 0. The molecular formula is C21H17BO2. The molecule has 1 aliphatic carbocycles. The molecule has 3 aromatic rings. The van der Waals surface area contributed by atoms with Gasteiger partial charge in [-0.15, -0.1) is 0 Å². The van der Waals surface area contributed by atoms with Crippen molar-refractivity contribution in [2.75, 3.05) is 0 Å². The van der Waals surface area contributed by atoms with E-state index in [9.17, 15) is 10.2 Å². The van der Waals surface area contributed by atoms with Crippen molar-refractivity contribution in [1.29, 1.82) is 0 Å². The van der Waals surface area contributed by atoms with Gasteiger partial charge in [0.25, 0.3) is 0 Å². The molecular weight excluding hydrogens is 295 g/mol. The maximum atomic E-state index is 10.1. The molecule has 0 saturated carbocycles. The van der Waals surface area contributed by atoms with Gasteiger partial charge in [-0.25, -0.2) is 0 Å². The first kappa shape index (κ1) is 14.6. The van der Waals surface area contributed by atoms with Crippen LogP contribution in [0.1, 0.15) is 22.3 Å². The maximum absolute atomic E-state index is 10.1. The summed E-state index contributed by atoms with van der Waals surface area (Å²) in [7, 11) is 2.04. The Balaban J connectivity index is 1.98. The summed E-state index contributed by atoms with van der Waals surface area (Å²) in [5, 5.41) is 19.7. The molecule has 1 aliphatic rings. The number of aromatic hydroxyl groups is 2. The van der Waals surface area contributed by atoms with Crippen molar-refractivity contribution in [1.82, 2.24) is 0 Å². The Morgan fingerprint density at radius 3 is 2.17 bits per heavy atom. The SMILES string of the molecule is Bc1cc(O)cc2c1CC(c1ccc(O)cc1)=C2c1ccccc1. The highest BCUT2D eigenvalue weighted by Crippen LogP contribution is 2.42. The molecule has 3 aromatic carbocycles. The second-order valence-electron chi connectivity index (χ2n) is 6.23. The highest BCUT2D eigenvalue weighted by atomic mass is 16.3. The number of hydrogen-bond donors (Lipinski definition) is 2. The van der Waals surface area contributed by atoms with Gasteiger partial charge in [-0.05, 0) is 64.1 Å². The first-order valence-electron chi connectivity index (χ1n) is 8.04. The fraction of sp³-hybridized carbons (Fsp3) is 0.0476. The summed E-state index contributed by atoms with van der Waals surface area (Å²) in [6.07, 6.45) is 0.830. The van der Waals surface area contributed by atoms with Crippen molar-refractivity contribution < 1.29 is 10.2 Å². The van der Waals surface area contributed by atoms with E-state index in [-0.39, 0.29) is 5.75 Å². The van der Waals surface area contributed by atoms with Gasteiger partial charge in [-0.3, -0.25) is 0 Å². The molecule has 0 saturated heterocycles. The molecule has 0 heterocycles. The largest absolute Gasteiger partial charge is 0.508 e. The van der Waals surface area contributed by atoms with E-state index in [1.165, 1.54) is 11.1 Å². The molecule has 0 spiro atoms. The first-order chi connectivity index (χ1) is 11.6. The standard InChI is InChI=1S/C21H17BO2/c22-20-11-16(24)10-19-18(20)12-17(13-6-8-15(23)9-7-13)21(19)14-4-2-1-3-5-14/h1-11,23-24H,12,22H2. The van der Waals surface area contributed by atoms with Crippen LogP contribution in [0.5, 0.6) is 11.5 Å². The minimum absolute atomic E-state index is 0.268. The monoisotopic (exact) mass is 312 g/mol. The Labute approximate surface area is 142 Å². The lowest BCUT2D eigenvalue weighted by Gasteiger charge is -2.10. The predicted molar refractivity (Wildman–Crippen MR) is 100 cm³/mol. The molecule has 2 N–H and O–H groups in total. The molecule has 2 nitrogen and oxygen atoms in total. The maximum Gasteiger partial charge on any atom is 0.139 e. The van der Waals surface area contributed by atoms with Crippen molar-refractivity contribution in [3.05, 3.63) is 89.0 Å². The van der Waals surface area contributed by atoms with Crippen LogP contribution < -0.4 is 5.46 Å². The zero-order valence-electron chi connectivity index (χ0n) is 13.5. The second kappa shape index (κ2) is 5.61. The van der Waals surface area contributed by atoms with E-state index in [1.807, 2.05) is 50.3 Å². The summed E-state index contributed by atoms with van der Waals surface area (Å²) in [6, 6.07) is 21.3. The molecule has 0 radical (unpaired) electrons. The van der Waals surface area contributed by atoms with E-state index >= 15 is 0 Å². The molecule has 0 aliphatic heterocycles. The molecule has 24 heavy (non-hydrogen) atoms. The molecule has 0 aromatic heterocycles. The molecule has 3 heteroatoms. The number of phenolic OH excluding ortho intramolecular Hbond substituents is 2. The van der Waals surface area contributed by atoms with Crippen molar-refractivity contribution in [2.24, 2.45) is 0 Å². The molecule has 0 unspecified atom stereocenters. The van der Waals surface area contributed by atoms with Crippen LogP contribution in [0.15, 0.2) is 66.7 Å². The summed E-state index contributed by atoms with van der Waals surface area (Å²) in [5.74, 6) is 0.566. The Kier molecular flexibility index (Phi) is 3.42. The van der Waals surface area contributed by atoms with Crippen molar-refractivity contribution in [3.63, 3.8) is 0 Å². The van der Waals surface area contributed by atoms with Crippen LogP contribution in [0.3, 0.4) is 0 Å². The Morgan fingerprint density at radius 2 is 1.46 bits per heavy atom. The van der Waals surface area contributed by atoms with Gasteiger partial charge in [-0.1, -0.05) is 47.9 Å². The summed E-state index contributed by atoms with van der Waals surface area (Å²) in [5.41, 5.74) is 8.09. The molecule has 0 amide bonds. The third-order valence-electron chi connectivity index (χ3n) is 4.66. The van der Waals surface area contributed by atoms with Gasteiger partial charge >= 0.3 is 0 Å². The molecule has 0 fully saturated rings. The van der Waals surface area contributed by atoms with E-state index in [0.29, 0.717) is 5.75 Å². The zero-order chi connectivity index (χ0) is 16.7. The number of phenols is 2. The van der Waals surface area contributed by atoms with Crippen LogP contribution in [0.4, 0.5) is 0 Å². The molecule has 0 atom stereocenters. The molecule has 116 valence electrons. The highest BCUT2D eigenvalue weighted by Gasteiger charge is 2.25. The Morgan fingerprint density at radius 1 is 0.750 bits per heavy atom. The average molecular weight is 312 g/mol. The van der Waals surface area contributed by atoms with E-state index in [4.69, 9.17) is 0 Å². The van der Waals surface area contributed by atoms with Crippen LogP contribution in [-0.2, 0) is 6.42 Å². The third-order valence-corrected chi connectivity index (χ3v) is 4.66. The van der Waals surface area contributed by atoms with Gasteiger partial charge in [0.15, 0.2) is 0 Å². The van der Waals surface area contributed by atoms with Gasteiger partial charge in [0.2, 0.25) is 0 Å². The summed E-state index contributed by atoms with van der Waals surface area (Å²) >= 11 is 0. The lowest BCUT2D eigenvalue weighted by Crippen LogP contribution is -2.10. The smallest absolute Gasteiger partial charge is 0.139 e. The van der Waals surface area contributed by atoms with Crippen molar-refractivity contribution in [3.8, 4) is 11.5 Å². The predicted octanol–water partition coefficient (Wildman–Crippen LogP) is 2.87. The van der Waals surface area contributed by atoms with Crippen LogP contribution in [0.25, 0.3) is 11.1 Å². The fourth-order valence-electron chi connectivity index (χ4n) is 3.53. The zero-order valence-corrected chi connectivity index (χ0v) is 13.5. The van der Waals surface area contributed by atoms with Gasteiger partial charge in [0.05, 0.1) is 0 Å². The van der Waals surface area contributed by atoms with Gasteiger partial charge in [0.1, 0.15) is 19.3 Å². The van der Waals surface area contributed by atoms with E-state index in [0.717, 1.165) is 34.1 Å². The van der Waals surface area contributed by atoms with Gasteiger partial charge in [-0.2, -0.15) is 0 Å². The number of hydrogen-bond acceptors (Lipinski definition) is 2. The molecule has 0 bridgehead atoms. The van der Waals surface area contributed by atoms with Crippen molar-refractivity contribution in [2.45, 2.75) is 6.42 Å². The minimum atomic E-state index is 0.268. The van der Waals surface area contributed by atoms with Crippen LogP contribution in [0, 0.1) is 0 Å². The molecule has 4 rings (SSSR count). The van der Waals surface area contributed by atoms with E-state index in [2.05, 4.69) is 12.1 Å². The van der Waals surface area contributed by atoms with Crippen molar-refractivity contribution >= 4 is 24.5 Å². The fourth-order valence-corrected chi connectivity index (χ4v) is 3.53. The Bertz CT molecular complexity index is 942. The van der Waals surface area contributed by atoms with Gasteiger partial charge in [0, 0.05) is 0 Å². The normalized spacial score (nSPS) is 13.2. The summed E-state index contributed by atoms with van der Waals surface area (Å²) in [4.78, 5) is 0. The lowest BCUT2D eigenvalue weighted by molar-refractivity contribution is 0.475. The quantitative estimate of drug-likeness (QED) is 0.714. The van der Waals surface area contributed by atoms with Crippen LogP contribution in [-0.4, -0.2) is 18.1 Å². The van der Waals surface area contributed by atoms with Gasteiger partial charge < -0.3 is 10.2 Å². The first-order valence-corrected chi connectivity index (χ1v) is 8.04. The second-order valence-corrected chi connectivity index (χ2v) is 6.23. The van der Waals surface area contributed by atoms with Crippen LogP contribution in [0.2, 0.25) is 0 Å². The lowest BCUT2D eigenvalue weighted by atomic mass is 9.86. The average Bonchev–Trinajstić information content (AvgIpc) is 2.96. The highest BCUT2D eigenvalue weighted by molar-refractivity contribution is 6.34. The topological polar surface area (TPSA) is 40.5 Å². The number of fused-ring (bicyclic) bond motifs is 1. The number of rotatable bonds is 2. The number of benzene rings is 3. The van der Waals surface area contributed by atoms with E-state index in [1.54, 1.807) is 12.1 Å². The van der Waals surface area contributed by atoms with Crippen LogP contribution >= 0.6 is 0 Å². The minimum Gasteiger partial charge on any atom is -0.508 e. The third kappa shape index (κ3) is 2.39.